The molecule has 2 aromatic rings. The summed E-state index contributed by atoms with van der Waals surface area (Å²) in [5.41, 5.74) is 5.04. The largest absolute Gasteiger partial charge is 0.279 e. The van der Waals surface area contributed by atoms with E-state index in [2.05, 4.69) is 10.9 Å². The van der Waals surface area contributed by atoms with Gasteiger partial charge in [0.15, 0.2) is 0 Å². The van der Waals surface area contributed by atoms with Crippen LogP contribution < -0.4 is 10.9 Å². The number of benzene rings is 1. The van der Waals surface area contributed by atoms with E-state index in [0.717, 1.165) is 0 Å². The molecule has 1 aromatic carbocycles. The molecule has 0 spiro atoms. The molecular weight excluding hydrogens is 272 g/mol. The Bertz CT molecular complexity index is 569. The Balaban J connectivity index is 1.95. The van der Waals surface area contributed by atoms with Crippen LogP contribution in [0.15, 0.2) is 41.8 Å². The Morgan fingerprint density at radius 1 is 1.06 bits per heavy atom. The molecular formula is C12H9ClN2O2S. The first-order valence-corrected chi connectivity index (χ1v) is 6.32. The molecule has 0 saturated heterocycles. The van der Waals surface area contributed by atoms with Crippen LogP contribution in [0.1, 0.15) is 20.0 Å². The first-order valence-electron chi connectivity index (χ1n) is 5.06. The Labute approximate surface area is 113 Å². The standard InChI is InChI=1S/C12H9ClN2O2S/c13-9-4-1-3-8(7-9)11(16)14-15-12(17)10-5-2-6-18-10/h1-7H,(H,14,16)(H,15,17). The van der Waals surface area contributed by atoms with Crippen molar-refractivity contribution in [3.05, 3.63) is 57.2 Å². The summed E-state index contributed by atoms with van der Waals surface area (Å²) >= 11 is 7.06. The minimum atomic E-state index is -0.414. The van der Waals surface area contributed by atoms with Gasteiger partial charge in [-0.05, 0) is 29.6 Å². The van der Waals surface area contributed by atoms with Crippen molar-refractivity contribution in [3.8, 4) is 0 Å². The van der Waals surface area contributed by atoms with Crippen molar-refractivity contribution in [1.29, 1.82) is 0 Å². The second-order valence-corrected chi connectivity index (χ2v) is 4.78. The lowest BCUT2D eigenvalue weighted by Crippen LogP contribution is -2.41. The van der Waals surface area contributed by atoms with E-state index in [-0.39, 0.29) is 5.91 Å². The van der Waals surface area contributed by atoms with Gasteiger partial charge in [0.2, 0.25) is 0 Å². The average molecular weight is 281 g/mol. The number of thiophene rings is 1. The SMILES string of the molecule is O=C(NNC(=O)c1cccs1)c1cccc(Cl)c1. The van der Waals surface area contributed by atoms with Crippen molar-refractivity contribution in [2.75, 3.05) is 0 Å². The number of hydrazine groups is 1. The summed E-state index contributed by atoms with van der Waals surface area (Å²) in [4.78, 5) is 23.8. The number of hydrogen-bond donors (Lipinski definition) is 2. The highest BCUT2D eigenvalue weighted by molar-refractivity contribution is 7.12. The molecule has 18 heavy (non-hydrogen) atoms. The molecule has 0 atom stereocenters. The van der Waals surface area contributed by atoms with E-state index >= 15 is 0 Å². The van der Waals surface area contributed by atoms with Gasteiger partial charge >= 0.3 is 0 Å². The van der Waals surface area contributed by atoms with Crippen LogP contribution >= 0.6 is 22.9 Å². The molecule has 1 heterocycles. The van der Waals surface area contributed by atoms with Crippen molar-refractivity contribution in [3.63, 3.8) is 0 Å². The molecule has 0 saturated carbocycles. The third-order valence-electron chi connectivity index (χ3n) is 2.12. The highest BCUT2D eigenvalue weighted by atomic mass is 35.5. The topological polar surface area (TPSA) is 58.2 Å². The molecule has 0 aliphatic carbocycles. The van der Waals surface area contributed by atoms with Gasteiger partial charge < -0.3 is 0 Å². The summed E-state index contributed by atoms with van der Waals surface area (Å²) in [5.74, 6) is -0.761. The third-order valence-corrected chi connectivity index (χ3v) is 3.23. The van der Waals surface area contributed by atoms with E-state index < -0.39 is 5.91 Å². The zero-order valence-corrected chi connectivity index (χ0v) is 10.7. The summed E-state index contributed by atoms with van der Waals surface area (Å²) in [7, 11) is 0. The molecule has 2 rings (SSSR count). The van der Waals surface area contributed by atoms with Crippen LogP contribution in [0.3, 0.4) is 0 Å². The van der Waals surface area contributed by atoms with Crippen molar-refractivity contribution >= 4 is 34.8 Å². The maximum atomic E-state index is 11.7. The van der Waals surface area contributed by atoms with Gasteiger partial charge in [-0.3, -0.25) is 20.4 Å². The first-order chi connectivity index (χ1) is 8.66. The summed E-state index contributed by atoms with van der Waals surface area (Å²) in [6, 6.07) is 9.90. The normalized spacial score (nSPS) is 9.83. The zero-order valence-electron chi connectivity index (χ0n) is 9.14. The Hall–Kier alpha value is -1.85. The fourth-order valence-corrected chi connectivity index (χ4v) is 2.09. The van der Waals surface area contributed by atoms with Gasteiger partial charge in [0.25, 0.3) is 11.8 Å². The highest BCUT2D eigenvalue weighted by Crippen LogP contribution is 2.10. The van der Waals surface area contributed by atoms with Crippen molar-refractivity contribution in [1.82, 2.24) is 10.9 Å². The lowest BCUT2D eigenvalue weighted by molar-refractivity contribution is 0.0849. The molecule has 0 unspecified atom stereocenters. The van der Waals surface area contributed by atoms with Crippen LogP contribution in [0.2, 0.25) is 5.02 Å². The molecule has 0 aliphatic heterocycles. The Morgan fingerprint density at radius 2 is 1.83 bits per heavy atom. The molecule has 2 N–H and O–H groups in total. The maximum absolute atomic E-state index is 11.7. The second-order valence-electron chi connectivity index (χ2n) is 3.40. The third kappa shape index (κ3) is 3.09. The Kier molecular flexibility index (Phi) is 3.96. The van der Waals surface area contributed by atoms with Crippen LogP contribution in [0, 0.1) is 0 Å². The lowest BCUT2D eigenvalue weighted by atomic mass is 10.2. The predicted molar refractivity (Wildman–Crippen MR) is 70.7 cm³/mol. The summed E-state index contributed by atoms with van der Waals surface area (Å²) in [6.45, 7) is 0. The number of halogens is 1. The molecule has 0 bridgehead atoms. The van der Waals surface area contributed by atoms with Gasteiger partial charge in [-0.25, -0.2) is 0 Å². The number of carbonyl (C=O) groups is 2. The minimum absolute atomic E-state index is 0.347. The van der Waals surface area contributed by atoms with Gasteiger partial charge in [-0.1, -0.05) is 23.7 Å². The second kappa shape index (κ2) is 5.66. The number of rotatable bonds is 2. The molecule has 6 heteroatoms. The molecule has 92 valence electrons. The van der Waals surface area contributed by atoms with Gasteiger partial charge in [-0.15, -0.1) is 11.3 Å². The molecule has 4 nitrogen and oxygen atoms in total. The zero-order chi connectivity index (χ0) is 13.0. The summed E-state index contributed by atoms with van der Waals surface area (Å²) in [5, 5.41) is 2.25. The van der Waals surface area contributed by atoms with Crippen LogP contribution in [0.4, 0.5) is 0 Å². The van der Waals surface area contributed by atoms with E-state index in [1.165, 1.54) is 17.4 Å². The van der Waals surface area contributed by atoms with Gasteiger partial charge in [-0.2, -0.15) is 0 Å². The lowest BCUT2D eigenvalue weighted by Gasteiger charge is -2.06. The predicted octanol–water partition coefficient (Wildman–Crippen LogP) is 2.48. The maximum Gasteiger partial charge on any atom is 0.279 e. The number of amides is 2. The van der Waals surface area contributed by atoms with Crippen molar-refractivity contribution in [2.45, 2.75) is 0 Å². The van der Waals surface area contributed by atoms with E-state index in [1.54, 1.807) is 35.7 Å². The van der Waals surface area contributed by atoms with Crippen molar-refractivity contribution in [2.24, 2.45) is 0 Å². The fourth-order valence-electron chi connectivity index (χ4n) is 1.28. The van der Waals surface area contributed by atoms with Gasteiger partial charge in [0.1, 0.15) is 0 Å². The van der Waals surface area contributed by atoms with Crippen LogP contribution in [-0.2, 0) is 0 Å². The smallest absolute Gasteiger partial charge is 0.267 e. The first kappa shape index (κ1) is 12.6. The number of carbonyl (C=O) groups excluding carboxylic acids is 2. The molecule has 2 amide bonds. The van der Waals surface area contributed by atoms with Crippen molar-refractivity contribution < 1.29 is 9.59 Å². The van der Waals surface area contributed by atoms with E-state index in [9.17, 15) is 9.59 Å². The Morgan fingerprint density at radius 3 is 2.50 bits per heavy atom. The molecule has 0 fully saturated rings. The monoisotopic (exact) mass is 280 g/mol. The fraction of sp³-hybridized carbons (Fsp3) is 0. The van der Waals surface area contributed by atoms with E-state index in [4.69, 9.17) is 11.6 Å². The van der Waals surface area contributed by atoms with Crippen LogP contribution in [-0.4, -0.2) is 11.8 Å². The molecule has 0 aliphatic rings. The molecule has 0 radical (unpaired) electrons. The van der Waals surface area contributed by atoms with Gasteiger partial charge in [0, 0.05) is 10.6 Å². The quantitative estimate of drug-likeness (QED) is 0.830. The van der Waals surface area contributed by atoms with Crippen LogP contribution in [0.25, 0.3) is 0 Å². The molecule has 1 aromatic heterocycles. The summed E-state index contributed by atoms with van der Waals surface area (Å²) < 4.78 is 0. The number of hydrogen-bond acceptors (Lipinski definition) is 3. The van der Waals surface area contributed by atoms with Crippen LogP contribution in [0.5, 0.6) is 0 Å². The highest BCUT2D eigenvalue weighted by Gasteiger charge is 2.09. The van der Waals surface area contributed by atoms with Gasteiger partial charge in [0.05, 0.1) is 4.88 Å². The van der Waals surface area contributed by atoms with E-state index in [1.807, 2.05) is 0 Å². The van der Waals surface area contributed by atoms with E-state index in [0.29, 0.717) is 15.5 Å². The number of nitrogens with one attached hydrogen (secondary N) is 2. The summed E-state index contributed by atoms with van der Waals surface area (Å²) in [6.07, 6.45) is 0. The minimum Gasteiger partial charge on any atom is -0.267 e. The average Bonchev–Trinajstić information content (AvgIpc) is 2.89.